The molecule has 43 heavy (non-hydrogen) atoms. The fraction of sp³-hybridized carbons (Fsp3) is 0.697. The topological polar surface area (TPSA) is 134 Å². The molecule has 3 N–H and O–H groups in total. The van der Waals surface area contributed by atoms with Gasteiger partial charge in [-0.3, -0.25) is 14.4 Å². The number of hydrogen-bond donors (Lipinski definition) is 3. The molecule has 3 unspecified atom stereocenters. The third-order valence-corrected chi connectivity index (χ3v) is 7.24. The largest absolute Gasteiger partial charge is 0.507 e. The van der Waals surface area contributed by atoms with Gasteiger partial charge in [0.15, 0.2) is 0 Å². The summed E-state index contributed by atoms with van der Waals surface area (Å²) in [6.07, 6.45) is 5.63. The van der Waals surface area contributed by atoms with E-state index in [1.165, 1.54) is 4.90 Å². The molecule has 10 nitrogen and oxygen atoms in total. The lowest BCUT2D eigenvalue weighted by molar-refractivity contribution is -0.145. The number of amides is 3. The van der Waals surface area contributed by atoms with E-state index < -0.39 is 41.6 Å². The van der Waals surface area contributed by atoms with Gasteiger partial charge in [0.05, 0.1) is 13.0 Å². The maximum atomic E-state index is 14.4. The number of nitrogens with one attached hydrogen (secondary N) is 2. The number of aromatic hydroxyl groups is 1. The predicted molar refractivity (Wildman–Crippen MR) is 168 cm³/mol. The van der Waals surface area contributed by atoms with Crippen LogP contribution >= 0.6 is 0 Å². The molecule has 0 aromatic heterocycles. The Morgan fingerprint density at radius 3 is 2.26 bits per heavy atom. The van der Waals surface area contributed by atoms with Gasteiger partial charge in [-0.25, -0.2) is 4.79 Å². The van der Waals surface area contributed by atoms with E-state index in [2.05, 4.69) is 17.6 Å². The minimum atomic E-state index is -1.20. The Balaban J connectivity index is 3.53. The molecule has 0 heterocycles. The van der Waals surface area contributed by atoms with Gasteiger partial charge in [0.1, 0.15) is 23.4 Å². The molecule has 0 aliphatic carbocycles. The minimum absolute atomic E-state index is 0.00470. The second-order valence-electron chi connectivity index (χ2n) is 12.1. The first-order valence-corrected chi connectivity index (χ1v) is 15.8. The van der Waals surface area contributed by atoms with Gasteiger partial charge >= 0.3 is 12.1 Å². The summed E-state index contributed by atoms with van der Waals surface area (Å²) in [4.78, 5) is 54.5. The second kappa shape index (κ2) is 19.1. The molecule has 0 bridgehead atoms. The average Bonchev–Trinajstić information content (AvgIpc) is 2.93. The fourth-order valence-electron chi connectivity index (χ4n) is 4.70. The van der Waals surface area contributed by atoms with Crippen molar-refractivity contribution < 1.29 is 33.8 Å². The Labute approximate surface area is 258 Å². The summed E-state index contributed by atoms with van der Waals surface area (Å²) in [5, 5.41) is 16.6. The zero-order valence-corrected chi connectivity index (χ0v) is 27.6. The van der Waals surface area contributed by atoms with Crippen LogP contribution in [0, 0.1) is 12.8 Å². The molecule has 1 aromatic carbocycles. The molecule has 244 valence electrons. The normalized spacial score (nSPS) is 13.4. The highest BCUT2D eigenvalue weighted by atomic mass is 16.6. The van der Waals surface area contributed by atoms with Crippen molar-refractivity contribution in [3.63, 3.8) is 0 Å². The Morgan fingerprint density at radius 2 is 1.65 bits per heavy atom. The lowest BCUT2D eigenvalue weighted by Crippen LogP contribution is -2.55. The maximum absolute atomic E-state index is 14.4. The van der Waals surface area contributed by atoms with E-state index in [1.54, 1.807) is 52.8 Å². The summed E-state index contributed by atoms with van der Waals surface area (Å²) < 4.78 is 10.4. The van der Waals surface area contributed by atoms with E-state index in [4.69, 9.17) is 9.47 Å². The summed E-state index contributed by atoms with van der Waals surface area (Å²) in [6.45, 7) is 15.1. The van der Waals surface area contributed by atoms with E-state index >= 15 is 0 Å². The molecule has 0 aliphatic rings. The summed E-state index contributed by atoms with van der Waals surface area (Å²) in [7, 11) is 0. The van der Waals surface area contributed by atoms with Crippen LogP contribution in [-0.2, 0) is 23.9 Å². The third kappa shape index (κ3) is 13.3. The number of phenols is 1. The van der Waals surface area contributed by atoms with E-state index in [-0.39, 0.29) is 43.3 Å². The molecule has 0 saturated heterocycles. The third-order valence-electron chi connectivity index (χ3n) is 7.24. The Bertz CT molecular complexity index is 1040. The standard InChI is InChI=1S/C33H55N3O7/c1-9-12-13-14-15-16-22-36(31(40)27(23(4)10-2)35-32(41)43-33(6,7)8)28(25-19-17-18-24(5)29(25)38)30(39)34-21-20-26(37)42-11-3/h17-19,23,27-28,38H,9-16,20-22H2,1-8H3,(H,34,39)(H,35,41). The first-order valence-electron chi connectivity index (χ1n) is 15.8. The highest BCUT2D eigenvalue weighted by Crippen LogP contribution is 2.33. The number of nitrogens with zero attached hydrogens (tertiary/aromatic N) is 1. The monoisotopic (exact) mass is 605 g/mol. The van der Waals surface area contributed by atoms with Crippen molar-refractivity contribution in [3.05, 3.63) is 29.3 Å². The molecule has 0 radical (unpaired) electrons. The number of phenolic OH excluding ortho intramolecular Hbond substituents is 1. The molecule has 1 rings (SSSR count). The molecule has 3 amide bonds. The number of carbonyl (C=O) groups excluding carboxylic acids is 4. The van der Waals surface area contributed by atoms with Gasteiger partial charge in [-0.15, -0.1) is 0 Å². The average molecular weight is 606 g/mol. The van der Waals surface area contributed by atoms with Crippen LogP contribution in [0.5, 0.6) is 5.75 Å². The predicted octanol–water partition coefficient (Wildman–Crippen LogP) is 5.94. The Kier molecular flexibility index (Phi) is 16.7. The highest BCUT2D eigenvalue weighted by molar-refractivity contribution is 5.93. The van der Waals surface area contributed by atoms with Crippen molar-refractivity contribution in [1.29, 1.82) is 0 Å². The number of para-hydroxylation sites is 1. The number of ether oxygens (including phenoxy) is 2. The number of aryl methyl sites for hydroxylation is 1. The molecular weight excluding hydrogens is 550 g/mol. The van der Waals surface area contributed by atoms with Crippen molar-refractivity contribution in [1.82, 2.24) is 15.5 Å². The zero-order valence-electron chi connectivity index (χ0n) is 27.6. The summed E-state index contributed by atoms with van der Waals surface area (Å²) in [5.74, 6) is -1.79. The number of esters is 1. The number of carbonyl (C=O) groups is 4. The number of unbranched alkanes of at least 4 members (excludes halogenated alkanes) is 5. The summed E-state index contributed by atoms with van der Waals surface area (Å²) >= 11 is 0. The number of alkyl carbamates (subject to hydrolysis) is 1. The molecule has 0 fully saturated rings. The summed E-state index contributed by atoms with van der Waals surface area (Å²) in [5.41, 5.74) is 0.0623. The lowest BCUT2D eigenvalue weighted by atomic mass is 9.94. The van der Waals surface area contributed by atoms with E-state index in [1.807, 2.05) is 13.8 Å². The molecule has 1 aromatic rings. The van der Waals surface area contributed by atoms with Gasteiger partial charge < -0.3 is 30.1 Å². The zero-order chi connectivity index (χ0) is 32.6. The van der Waals surface area contributed by atoms with Crippen molar-refractivity contribution >= 4 is 23.9 Å². The molecule has 10 heteroatoms. The van der Waals surface area contributed by atoms with Crippen molar-refractivity contribution in [2.24, 2.45) is 5.92 Å². The molecule has 0 saturated carbocycles. The van der Waals surface area contributed by atoms with Crippen LogP contribution in [0.4, 0.5) is 4.79 Å². The van der Waals surface area contributed by atoms with Gasteiger partial charge in [-0.1, -0.05) is 77.5 Å². The maximum Gasteiger partial charge on any atom is 0.408 e. The van der Waals surface area contributed by atoms with Crippen LogP contribution in [0.1, 0.15) is 117 Å². The van der Waals surface area contributed by atoms with Crippen LogP contribution in [-0.4, -0.2) is 65.2 Å². The van der Waals surface area contributed by atoms with Crippen LogP contribution in [0.3, 0.4) is 0 Å². The lowest BCUT2D eigenvalue weighted by Gasteiger charge is -2.36. The van der Waals surface area contributed by atoms with Crippen LogP contribution < -0.4 is 10.6 Å². The Hall–Kier alpha value is -3.30. The van der Waals surface area contributed by atoms with Gasteiger partial charge in [-0.05, 0) is 52.5 Å². The van der Waals surface area contributed by atoms with E-state index in [9.17, 15) is 24.3 Å². The first-order chi connectivity index (χ1) is 20.3. The number of rotatable bonds is 18. The van der Waals surface area contributed by atoms with Gasteiger partial charge in [0.2, 0.25) is 11.8 Å². The molecule has 0 aliphatic heterocycles. The fourth-order valence-corrected chi connectivity index (χ4v) is 4.70. The van der Waals surface area contributed by atoms with Crippen molar-refractivity contribution in [2.45, 2.75) is 124 Å². The summed E-state index contributed by atoms with van der Waals surface area (Å²) in [6, 6.07) is 2.90. The first kappa shape index (κ1) is 37.7. The van der Waals surface area contributed by atoms with Crippen LogP contribution in [0.15, 0.2) is 18.2 Å². The van der Waals surface area contributed by atoms with Gasteiger partial charge in [0.25, 0.3) is 0 Å². The second-order valence-corrected chi connectivity index (χ2v) is 12.1. The quantitative estimate of drug-likeness (QED) is 0.139. The van der Waals surface area contributed by atoms with E-state index in [0.717, 1.165) is 32.1 Å². The number of benzene rings is 1. The Morgan fingerprint density at radius 1 is 1.00 bits per heavy atom. The molecule has 3 atom stereocenters. The van der Waals surface area contributed by atoms with Crippen molar-refractivity contribution in [3.8, 4) is 5.75 Å². The van der Waals surface area contributed by atoms with Gasteiger partial charge in [0, 0.05) is 18.7 Å². The smallest absolute Gasteiger partial charge is 0.408 e. The van der Waals surface area contributed by atoms with E-state index in [0.29, 0.717) is 18.4 Å². The van der Waals surface area contributed by atoms with Crippen LogP contribution in [0.2, 0.25) is 0 Å². The SMILES string of the molecule is CCCCCCCCN(C(=O)C(NC(=O)OC(C)(C)C)C(C)CC)C(C(=O)NCCC(=O)OCC)c1cccc(C)c1O. The van der Waals surface area contributed by atoms with Crippen molar-refractivity contribution in [2.75, 3.05) is 19.7 Å². The molecular formula is C33H55N3O7. The minimum Gasteiger partial charge on any atom is -0.507 e. The molecule has 0 spiro atoms. The van der Waals surface area contributed by atoms with Crippen LogP contribution in [0.25, 0.3) is 0 Å². The highest BCUT2D eigenvalue weighted by Gasteiger charge is 2.39. The van der Waals surface area contributed by atoms with Gasteiger partial charge in [-0.2, -0.15) is 0 Å². The number of hydrogen-bond acceptors (Lipinski definition) is 7.